The molecule has 1 amide bonds. The number of anilines is 1. The third-order valence-corrected chi connectivity index (χ3v) is 2.46. The zero-order chi connectivity index (χ0) is 14.1. The number of ether oxygens (including phenoxy) is 1. The minimum absolute atomic E-state index is 0.154. The summed E-state index contributed by atoms with van der Waals surface area (Å²) in [5.41, 5.74) is -0.396. The van der Waals surface area contributed by atoms with Crippen LogP contribution in [-0.2, 0) is 9.53 Å². The SMILES string of the molecule is COCCCNCCC(=O)Nc1c(F)cccc1F. The first-order valence-corrected chi connectivity index (χ1v) is 6.08. The number of carbonyl (C=O) groups is 1. The molecular formula is C13H18F2N2O2. The molecular weight excluding hydrogens is 254 g/mol. The molecule has 19 heavy (non-hydrogen) atoms. The van der Waals surface area contributed by atoms with E-state index in [-0.39, 0.29) is 6.42 Å². The molecule has 0 saturated heterocycles. The van der Waals surface area contributed by atoms with Crippen molar-refractivity contribution in [2.24, 2.45) is 0 Å². The van der Waals surface area contributed by atoms with E-state index in [1.54, 1.807) is 7.11 Å². The summed E-state index contributed by atoms with van der Waals surface area (Å²) in [5, 5.41) is 5.26. The molecule has 2 N–H and O–H groups in total. The van der Waals surface area contributed by atoms with Gasteiger partial charge in [0.05, 0.1) is 0 Å². The lowest BCUT2D eigenvalue weighted by molar-refractivity contribution is -0.116. The van der Waals surface area contributed by atoms with Crippen LogP contribution in [0.5, 0.6) is 0 Å². The fraction of sp³-hybridized carbons (Fsp3) is 0.462. The minimum Gasteiger partial charge on any atom is -0.385 e. The highest BCUT2D eigenvalue weighted by Gasteiger charge is 2.11. The summed E-state index contributed by atoms with van der Waals surface area (Å²) in [6, 6.07) is 3.45. The van der Waals surface area contributed by atoms with Crippen LogP contribution >= 0.6 is 0 Å². The monoisotopic (exact) mass is 272 g/mol. The molecule has 0 aliphatic heterocycles. The van der Waals surface area contributed by atoms with Gasteiger partial charge in [0.1, 0.15) is 17.3 Å². The lowest BCUT2D eigenvalue weighted by Gasteiger charge is -2.08. The van der Waals surface area contributed by atoms with Gasteiger partial charge in [-0.3, -0.25) is 4.79 Å². The molecule has 0 aliphatic carbocycles. The van der Waals surface area contributed by atoms with Crippen molar-refractivity contribution in [3.8, 4) is 0 Å². The molecule has 0 aliphatic rings. The Morgan fingerprint density at radius 1 is 1.26 bits per heavy atom. The number of nitrogens with one attached hydrogen (secondary N) is 2. The van der Waals surface area contributed by atoms with Crippen molar-refractivity contribution in [1.82, 2.24) is 5.32 Å². The van der Waals surface area contributed by atoms with Crippen LogP contribution in [0.3, 0.4) is 0 Å². The molecule has 1 aromatic rings. The Kier molecular flexibility index (Phi) is 6.99. The van der Waals surface area contributed by atoms with Crippen LogP contribution in [0.1, 0.15) is 12.8 Å². The van der Waals surface area contributed by atoms with Crippen molar-refractivity contribution in [3.05, 3.63) is 29.8 Å². The van der Waals surface area contributed by atoms with E-state index >= 15 is 0 Å². The molecule has 1 aromatic carbocycles. The Labute approximate surface area is 111 Å². The van der Waals surface area contributed by atoms with Gasteiger partial charge in [-0.15, -0.1) is 0 Å². The number of amides is 1. The van der Waals surface area contributed by atoms with Crippen LogP contribution in [0.4, 0.5) is 14.5 Å². The molecule has 106 valence electrons. The highest BCUT2D eigenvalue weighted by atomic mass is 19.1. The van der Waals surface area contributed by atoms with Gasteiger partial charge in [-0.1, -0.05) is 6.07 Å². The second-order valence-electron chi connectivity index (χ2n) is 3.99. The first-order valence-electron chi connectivity index (χ1n) is 6.08. The second kappa shape index (κ2) is 8.55. The molecule has 0 heterocycles. The van der Waals surface area contributed by atoms with E-state index in [2.05, 4.69) is 10.6 Å². The first-order chi connectivity index (χ1) is 9.15. The summed E-state index contributed by atoms with van der Waals surface area (Å²) in [6.45, 7) is 1.83. The van der Waals surface area contributed by atoms with Crippen molar-refractivity contribution < 1.29 is 18.3 Å². The largest absolute Gasteiger partial charge is 0.385 e. The number of methoxy groups -OCH3 is 1. The molecule has 0 unspecified atom stereocenters. The summed E-state index contributed by atoms with van der Waals surface area (Å²) < 4.78 is 31.4. The van der Waals surface area contributed by atoms with Gasteiger partial charge < -0.3 is 15.4 Å². The zero-order valence-electron chi connectivity index (χ0n) is 10.8. The van der Waals surface area contributed by atoms with Gasteiger partial charge in [0.2, 0.25) is 5.91 Å². The number of benzene rings is 1. The predicted molar refractivity (Wildman–Crippen MR) is 69.0 cm³/mol. The third-order valence-electron chi connectivity index (χ3n) is 2.46. The van der Waals surface area contributed by atoms with E-state index in [0.717, 1.165) is 25.1 Å². The van der Waals surface area contributed by atoms with Crippen molar-refractivity contribution in [2.45, 2.75) is 12.8 Å². The fourth-order valence-electron chi connectivity index (χ4n) is 1.49. The average molecular weight is 272 g/mol. The van der Waals surface area contributed by atoms with Crippen LogP contribution in [0.2, 0.25) is 0 Å². The van der Waals surface area contributed by atoms with E-state index in [1.807, 2.05) is 0 Å². The van der Waals surface area contributed by atoms with Crippen molar-refractivity contribution >= 4 is 11.6 Å². The van der Waals surface area contributed by atoms with Crippen LogP contribution in [0, 0.1) is 11.6 Å². The number of hydrogen-bond acceptors (Lipinski definition) is 3. The molecule has 0 bridgehead atoms. The molecule has 1 rings (SSSR count). The van der Waals surface area contributed by atoms with Gasteiger partial charge in [0, 0.05) is 26.7 Å². The van der Waals surface area contributed by atoms with Gasteiger partial charge >= 0.3 is 0 Å². The molecule has 0 saturated carbocycles. The van der Waals surface area contributed by atoms with Crippen molar-refractivity contribution in [3.63, 3.8) is 0 Å². The van der Waals surface area contributed by atoms with E-state index in [1.165, 1.54) is 6.07 Å². The summed E-state index contributed by atoms with van der Waals surface area (Å²) in [5.74, 6) is -1.98. The highest BCUT2D eigenvalue weighted by Crippen LogP contribution is 2.17. The normalized spacial score (nSPS) is 10.5. The standard InChI is InChI=1S/C13H18F2N2O2/c1-19-9-3-7-16-8-6-12(18)17-13-10(14)4-2-5-11(13)15/h2,4-5,16H,3,6-9H2,1H3,(H,17,18). The van der Waals surface area contributed by atoms with E-state index in [9.17, 15) is 13.6 Å². The summed E-state index contributed by atoms with van der Waals surface area (Å²) in [7, 11) is 1.62. The maximum atomic E-state index is 13.3. The third kappa shape index (κ3) is 5.76. The smallest absolute Gasteiger partial charge is 0.225 e. The van der Waals surface area contributed by atoms with Gasteiger partial charge in [-0.05, 0) is 25.1 Å². The molecule has 0 fully saturated rings. The highest BCUT2D eigenvalue weighted by molar-refractivity contribution is 5.91. The Morgan fingerprint density at radius 2 is 1.95 bits per heavy atom. The number of hydrogen-bond donors (Lipinski definition) is 2. The first kappa shape index (κ1) is 15.5. The maximum Gasteiger partial charge on any atom is 0.225 e. The van der Waals surface area contributed by atoms with Gasteiger partial charge in [0.15, 0.2) is 0 Å². The van der Waals surface area contributed by atoms with E-state index in [0.29, 0.717) is 13.2 Å². The molecule has 4 nitrogen and oxygen atoms in total. The molecule has 0 spiro atoms. The summed E-state index contributed by atoms with van der Waals surface area (Å²) in [6.07, 6.45) is 1.00. The quantitative estimate of drug-likeness (QED) is 0.711. The number of carbonyl (C=O) groups excluding carboxylic acids is 1. The maximum absolute atomic E-state index is 13.3. The van der Waals surface area contributed by atoms with Crippen LogP contribution in [0.15, 0.2) is 18.2 Å². The van der Waals surface area contributed by atoms with Gasteiger partial charge in [0.25, 0.3) is 0 Å². The summed E-state index contributed by atoms with van der Waals surface area (Å²) in [4.78, 5) is 11.5. The lowest BCUT2D eigenvalue weighted by atomic mass is 10.2. The van der Waals surface area contributed by atoms with Gasteiger partial charge in [-0.2, -0.15) is 0 Å². The Morgan fingerprint density at radius 3 is 2.58 bits per heavy atom. The molecule has 0 radical (unpaired) electrons. The van der Waals surface area contributed by atoms with Gasteiger partial charge in [-0.25, -0.2) is 8.78 Å². The second-order valence-corrected chi connectivity index (χ2v) is 3.99. The van der Waals surface area contributed by atoms with Crippen LogP contribution in [-0.4, -0.2) is 32.7 Å². The lowest BCUT2D eigenvalue weighted by Crippen LogP contribution is -2.23. The van der Waals surface area contributed by atoms with Crippen LogP contribution < -0.4 is 10.6 Å². The average Bonchev–Trinajstić information content (AvgIpc) is 2.38. The summed E-state index contributed by atoms with van der Waals surface area (Å²) >= 11 is 0. The van der Waals surface area contributed by atoms with Crippen LogP contribution in [0.25, 0.3) is 0 Å². The predicted octanol–water partition coefficient (Wildman–Crippen LogP) is 1.92. The van der Waals surface area contributed by atoms with Crippen molar-refractivity contribution in [1.29, 1.82) is 0 Å². The Hall–Kier alpha value is -1.53. The van der Waals surface area contributed by atoms with E-state index < -0.39 is 23.2 Å². The zero-order valence-corrected chi connectivity index (χ0v) is 10.8. The Balaban J connectivity index is 2.28. The Bertz CT molecular complexity index is 393. The number of halogens is 2. The molecule has 0 aromatic heterocycles. The minimum atomic E-state index is -0.776. The van der Waals surface area contributed by atoms with E-state index in [4.69, 9.17) is 4.74 Å². The topological polar surface area (TPSA) is 50.4 Å². The molecule has 6 heteroatoms. The van der Waals surface area contributed by atoms with Crippen molar-refractivity contribution in [2.75, 3.05) is 32.1 Å². The number of rotatable bonds is 8. The number of para-hydroxylation sites is 1. The fourth-order valence-corrected chi connectivity index (χ4v) is 1.49. The molecule has 0 atom stereocenters.